The van der Waals surface area contributed by atoms with E-state index in [0.29, 0.717) is 0 Å². The molecule has 0 aromatic rings. The highest BCUT2D eigenvalue weighted by Crippen LogP contribution is 2.26. The summed E-state index contributed by atoms with van der Waals surface area (Å²) in [6.45, 7) is 2.35. The average molecular weight is 236 g/mol. The minimum absolute atomic E-state index is 0.923. The lowest BCUT2D eigenvalue weighted by molar-refractivity contribution is 0.391. The van der Waals surface area contributed by atoms with E-state index in [4.69, 9.17) is 0 Å². The zero-order chi connectivity index (χ0) is 6.69. The molecule has 0 bridgehead atoms. The van der Waals surface area contributed by atoms with Crippen LogP contribution in [-0.2, 0) is 0 Å². The summed E-state index contributed by atoms with van der Waals surface area (Å²) in [6.07, 6.45) is 7.24. The number of rotatable bonds is 1. The number of halogens is 1. The van der Waals surface area contributed by atoms with Gasteiger partial charge in [0.25, 0.3) is 0 Å². The molecule has 0 heterocycles. The van der Waals surface area contributed by atoms with Gasteiger partial charge in [-0.1, -0.05) is 41.7 Å². The fourth-order valence-electron chi connectivity index (χ4n) is 1.22. The normalized spacial score (nSPS) is 34.9. The first-order valence-electron chi connectivity index (χ1n) is 3.55. The van der Waals surface area contributed by atoms with E-state index < -0.39 is 0 Å². The van der Waals surface area contributed by atoms with E-state index in [1.807, 2.05) is 0 Å². The molecule has 2 atom stereocenters. The molecule has 0 aromatic heterocycles. The van der Waals surface area contributed by atoms with E-state index in [1.54, 1.807) is 0 Å². The van der Waals surface area contributed by atoms with Gasteiger partial charge in [-0.05, 0) is 24.7 Å². The minimum atomic E-state index is 0.923. The zero-order valence-corrected chi connectivity index (χ0v) is 7.97. The standard InChI is InChI=1S/C8H13I/c1-7-4-2-3-5-8(7)6-9/h2-3,7-8H,4-6H2,1H3/t7-,8-/m0/s1. The van der Waals surface area contributed by atoms with Crippen LogP contribution in [0.5, 0.6) is 0 Å². The van der Waals surface area contributed by atoms with Gasteiger partial charge >= 0.3 is 0 Å². The molecule has 1 rings (SSSR count). The summed E-state index contributed by atoms with van der Waals surface area (Å²) in [5, 5.41) is 0. The van der Waals surface area contributed by atoms with Crippen LogP contribution in [0.2, 0.25) is 0 Å². The zero-order valence-electron chi connectivity index (χ0n) is 5.81. The second-order valence-corrected chi connectivity index (χ2v) is 3.72. The maximum absolute atomic E-state index is 2.49. The van der Waals surface area contributed by atoms with E-state index in [-0.39, 0.29) is 0 Å². The molecule has 0 amide bonds. The average Bonchev–Trinajstić information content (AvgIpc) is 1.89. The molecule has 0 saturated carbocycles. The summed E-state index contributed by atoms with van der Waals surface area (Å²) in [6, 6.07) is 0. The minimum Gasteiger partial charge on any atom is -0.0883 e. The molecule has 0 N–H and O–H groups in total. The highest BCUT2D eigenvalue weighted by Gasteiger charge is 2.15. The van der Waals surface area contributed by atoms with Gasteiger partial charge in [-0.25, -0.2) is 0 Å². The summed E-state index contributed by atoms with van der Waals surface area (Å²) in [7, 11) is 0. The van der Waals surface area contributed by atoms with Crippen molar-refractivity contribution in [3.8, 4) is 0 Å². The third-order valence-electron chi connectivity index (χ3n) is 2.12. The van der Waals surface area contributed by atoms with Crippen LogP contribution < -0.4 is 0 Å². The van der Waals surface area contributed by atoms with Crippen LogP contribution in [0, 0.1) is 11.8 Å². The molecule has 1 aliphatic rings. The molecule has 0 aromatic carbocycles. The third kappa shape index (κ3) is 1.95. The van der Waals surface area contributed by atoms with Crippen LogP contribution in [0.25, 0.3) is 0 Å². The quantitative estimate of drug-likeness (QED) is 0.373. The van der Waals surface area contributed by atoms with Gasteiger partial charge in [0.05, 0.1) is 0 Å². The first-order chi connectivity index (χ1) is 4.34. The van der Waals surface area contributed by atoms with Crippen LogP contribution in [0.15, 0.2) is 12.2 Å². The summed E-state index contributed by atoms with van der Waals surface area (Å²) < 4.78 is 1.32. The van der Waals surface area contributed by atoms with Gasteiger partial charge < -0.3 is 0 Å². The first kappa shape index (κ1) is 7.58. The number of hydrogen-bond donors (Lipinski definition) is 0. The van der Waals surface area contributed by atoms with Crippen molar-refractivity contribution < 1.29 is 0 Å². The van der Waals surface area contributed by atoms with Crippen LogP contribution in [0.4, 0.5) is 0 Å². The van der Waals surface area contributed by atoms with Crippen molar-refractivity contribution >= 4 is 22.6 Å². The highest BCUT2D eigenvalue weighted by molar-refractivity contribution is 14.1. The molecule has 0 fully saturated rings. The largest absolute Gasteiger partial charge is 0.0883 e. The second-order valence-electron chi connectivity index (χ2n) is 2.83. The van der Waals surface area contributed by atoms with E-state index in [0.717, 1.165) is 11.8 Å². The topological polar surface area (TPSA) is 0 Å². The van der Waals surface area contributed by atoms with Crippen LogP contribution in [0.1, 0.15) is 19.8 Å². The predicted molar refractivity (Wildman–Crippen MR) is 49.9 cm³/mol. The summed E-state index contributed by atoms with van der Waals surface area (Å²) in [5.74, 6) is 1.88. The van der Waals surface area contributed by atoms with Crippen molar-refractivity contribution in [2.24, 2.45) is 11.8 Å². The molecular weight excluding hydrogens is 223 g/mol. The Morgan fingerprint density at radius 2 is 2.11 bits per heavy atom. The first-order valence-corrected chi connectivity index (χ1v) is 5.08. The van der Waals surface area contributed by atoms with Crippen LogP contribution in [-0.4, -0.2) is 4.43 Å². The Morgan fingerprint density at radius 1 is 1.44 bits per heavy atom. The SMILES string of the molecule is C[C@H]1CC=CC[C@H]1CI. The Hall–Kier alpha value is 0.470. The van der Waals surface area contributed by atoms with E-state index in [9.17, 15) is 0 Å². The summed E-state index contributed by atoms with van der Waals surface area (Å²) in [5.41, 5.74) is 0. The molecule has 0 radical (unpaired) electrons. The van der Waals surface area contributed by atoms with Gasteiger partial charge in [-0.3, -0.25) is 0 Å². The second kappa shape index (κ2) is 3.59. The van der Waals surface area contributed by atoms with E-state index in [2.05, 4.69) is 41.7 Å². The summed E-state index contributed by atoms with van der Waals surface area (Å²) >= 11 is 2.49. The molecule has 0 nitrogen and oxygen atoms in total. The molecule has 9 heavy (non-hydrogen) atoms. The smallest absolute Gasteiger partial charge is 0.00293 e. The Bertz CT molecular complexity index is 107. The monoisotopic (exact) mass is 236 g/mol. The molecule has 0 saturated heterocycles. The lowest BCUT2D eigenvalue weighted by Crippen LogP contribution is -2.14. The lowest BCUT2D eigenvalue weighted by atomic mass is 9.86. The third-order valence-corrected chi connectivity index (χ3v) is 3.25. The fraction of sp³-hybridized carbons (Fsp3) is 0.750. The number of allylic oxidation sites excluding steroid dienone is 2. The number of hydrogen-bond acceptors (Lipinski definition) is 0. The maximum Gasteiger partial charge on any atom is 0.00293 e. The Labute approximate surface area is 70.9 Å². The van der Waals surface area contributed by atoms with Crippen molar-refractivity contribution in [2.45, 2.75) is 19.8 Å². The van der Waals surface area contributed by atoms with Gasteiger partial charge in [0.15, 0.2) is 0 Å². The van der Waals surface area contributed by atoms with E-state index >= 15 is 0 Å². The molecule has 52 valence electrons. The highest BCUT2D eigenvalue weighted by atomic mass is 127. The van der Waals surface area contributed by atoms with Gasteiger partial charge in [0.1, 0.15) is 0 Å². The number of alkyl halides is 1. The molecule has 0 spiro atoms. The Kier molecular flexibility index (Phi) is 3.02. The van der Waals surface area contributed by atoms with Crippen molar-refractivity contribution in [2.75, 3.05) is 4.43 Å². The lowest BCUT2D eigenvalue weighted by Gasteiger charge is -2.22. The van der Waals surface area contributed by atoms with Gasteiger partial charge in [-0.2, -0.15) is 0 Å². The molecule has 0 unspecified atom stereocenters. The van der Waals surface area contributed by atoms with Crippen LogP contribution >= 0.6 is 22.6 Å². The predicted octanol–water partition coefficient (Wildman–Crippen LogP) is 3.02. The van der Waals surface area contributed by atoms with Gasteiger partial charge in [0.2, 0.25) is 0 Å². The molecular formula is C8H13I. The fourth-order valence-corrected chi connectivity index (χ4v) is 2.45. The van der Waals surface area contributed by atoms with Gasteiger partial charge in [-0.15, -0.1) is 0 Å². The molecule has 1 aliphatic carbocycles. The van der Waals surface area contributed by atoms with Crippen molar-refractivity contribution in [3.63, 3.8) is 0 Å². The molecule has 0 aliphatic heterocycles. The Morgan fingerprint density at radius 3 is 2.56 bits per heavy atom. The van der Waals surface area contributed by atoms with E-state index in [1.165, 1.54) is 17.3 Å². The van der Waals surface area contributed by atoms with Crippen molar-refractivity contribution in [1.82, 2.24) is 0 Å². The summed E-state index contributed by atoms with van der Waals surface area (Å²) in [4.78, 5) is 0. The van der Waals surface area contributed by atoms with Crippen LogP contribution in [0.3, 0.4) is 0 Å². The van der Waals surface area contributed by atoms with Gasteiger partial charge in [0, 0.05) is 4.43 Å². The van der Waals surface area contributed by atoms with Crippen molar-refractivity contribution in [3.05, 3.63) is 12.2 Å². The maximum atomic E-state index is 2.49. The Balaban J connectivity index is 2.43. The van der Waals surface area contributed by atoms with Crippen molar-refractivity contribution in [1.29, 1.82) is 0 Å². The molecule has 1 heteroatoms.